The van der Waals surface area contributed by atoms with Crippen LogP contribution >= 0.6 is 0 Å². The van der Waals surface area contributed by atoms with Crippen LogP contribution in [0.1, 0.15) is 34.5 Å². The highest BCUT2D eigenvalue weighted by Crippen LogP contribution is 2.25. The molecule has 4 heteroatoms. The molecule has 0 radical (unpaired) electrons. The van der Waals surface area contributed by atoms with E-state index in [2.05, 4.69) is 4.98 Å². The van der Waals surface area contributed by atoms with E-state index < -0.39 is 0 Å². The van der Waals surface area contributed by atoms with Gasteiger partial charge in [0.2, 0.25) is 0 Å². The second kappa shape index (κ2) is 3.88. The Hall–Kier alpha value is -1.58. The van der Waals surface area contributed by atoms with Gasteiger partial charge in [-0.15, -0.1) is 0 Å². The van der Waals surface area contributed by atoms with Crippen LogP contribution in [0.15, 0.2) is 6.07 Å². The molecule has 1 aliphatic rings. The predicted molar refractivity (Wildman–Crippen MR) is 56.6 cm³/mol. The molecule has 0 aromatic carbocycles. The zero-order valence-corrected chi connectivity index (χ0v) is 8.75. The van der Waals surface area contributed by atoms with Gasteiger partial charge in [-0.3, -0.25) is 0 Å². The van der Waals surface area contributed by atoms with Crippen molar-refractivity contribution < 1.29 is 9.53 Å². The van der Waals surface area contributed by atoms with Crippen LogP contribution in [0.4, 0.5) is 5.82 Å². The number of hydrogen-bond donors (Lipinski definition) is 1. The van der Waals surface area contributed by atoms with Gasteiger partial charge in [0.25, 0.3) is 0 Å². The standard InChI is InChI=1S/C11H14N2O2/c1-15-11(14)8-6-10(12)13-9-5-3-2-4-7(8)9/h6H,2-5H2,1H3,(H2,12,13). The van der Waals surface area contributed by atoms with Crippen LogP contribution < -0.4 is 5.73 Å². The lowest BCUT2D eigenvalue weighted by atomic mass is 9.92. The van der Waals surface area contributed by atoms with E-state index in [1.54, 1.807) is 6.07 Å². The summed E-state index contributed by atoms with van der Waals surface area (Å²) in [7, 11) is 1.38. The second-order valence-electron chi connectivity index (χ2n) is 3.72. The second-order valence-corrected chi connectivity index (χ2v) is 3.72. The number of esters is 1. The molecule has 80 valence electrons. The van der Waals surface area contributed by atoms with E-state index in [0.29, 0.717) is 11.4 Å². The molecule has 0 bridgehead atoms. The molecule has 0 spiro atoms. The molecule has 15 heavy (non-hydrogen) atoms. The minimum atomic E-state index is -0.317. The van der Waals surface area contributed by atoms with Crippen LogP contribution in [-0.4, -0.2) is 18.1 Å². The molecule has 0 saturated heterocycles. The maximum Gasteiger partial charge on any atom is 0.338 e. The van der Waals surface area contributed by atoms with Crippen molar-refractivity contribution >= 4 is 11.8 Å². The van der Waals surface area contributed by atoms with Crippen molar-refractivity contribution in [2.24, 2.45) is 0 Å². The van der Waals surface area contributed by atoms with Gasteiger partial charge in [-0.05, 0) is 37.3 Å². The normalized spacial score (nSPS) is 14.5. The number of ether oxygens (including phenoxy) is 1. The Balaban J connectivity index is 2.52. The summed E-state index contributed by atoms with van der Waals surface area (Å²) in [6.45, 7) is 0. The van der Waals surface area contributed by atoms with Gasteiger partial charge in [-0.2, -0.15) is 0 Å². The van der Waals surface area contributed by atoms with E-state index in [9.17, 15) is 4.79 Å². The Morgan fingerprint density at radius 3 is 2.93 bits per heavy atom. The SMILES string of the molecule is COC(=O)c1cc(N)nc2c1CCCC2. The zero-order chi connectivity index (χ0) is 10.8. The van der Waals surface area contributed by atoms with E-state index >= 15 is 0 Å². The van der Waals surface area contributed by atoms with Crippen molar-refractivity contribution in [3.8, 4) is 0 Å². The van der Waals surface area contributed by atoms with Crippen LogP contribution in [0.5, 0.6) is 0 Å². The highest BCUT2D eigenvalue weighted by molar-refractivity contribution is 5.92. The summed E-state index contributed by atoms with van der Waals surface area (Å²) in [5.41, 5.74) is 8.22. The number of fused-ring (bicyclic) bond motifs is 1. The van der Waals surface area contributed by atoms with Crippen LogP contribution in [0.3, 0.4) is 0 Å². The molecule has 0 saturated carbocycles. The van der Waals surface area contributed by atoms with E-state index in [1.165, 1.54) is 7.11 Å². The number of nitrogens with two attached hydrogens (primary N) is 1. The number of aromatic nitrogens is 1. The number of carbonyl (C=O) groups excluding carboxylic acids is 1. The molecule has 2 rings (SSSR count). The molecule has 1 aliphatic carbocycles. The highest BCUT2D eigenvalue weighted by Gasteiger charge is 2.20. The molecular formula is C11H14N2O2. The number of nitrogen functional groups attached to an aromatic ring is 1. The summed E-state index contributed by atoms with van der Waals surface area (Å²) < 4.78 is 4.74. The lowest BCUT2D eigenvalue weighted by molar-refractivity contribution is 0.0599. The first-order valence-corrected chi connectivity index (χ1v) is 5.09. The first-order chi connectivity index (χ1) is 7.22. The molecular weight excluding hydrogens is 192 g/mol. The fraction of sp³-hybridized carbons (Fsp3) is 0.455. The van der Waals surface area contributed by atoms with Gasteiger partial charge >= 0.3 is 5.97 Å². The summed E-state index contributed by atoms with van der Waals surface area (Å²) in [4.78, 5) is 15.8. The number of anilines is 1. The van der Waals surface area contributed by atoms with E-state index in [1.807, 2.05) is 0 Å². The molecule has 0 fully saturated rings. The number of pyridine rings is 1. The third-order valence-electron chi connectivity index (χ3n) is 2.73. The molecule has 1 aromatic rings. The summed E-state index contributed by atoms with van der Waals surface area (Å²) in [6.07, 6.45) is 4.02. The summed E-state index contributed by atoms with van der Waals surface area (Å²) in [5, 5.41) is 0. The molecule has 1 aromatic heterocycles. The van der Waals surface area contributed by atoms with Gasteiger partial charge in [0.1, 0.15) is 5.82 Å². The third kappa shape index (κ3) is 1.79. The smallest absolute Gasteiger partial charge is 0.338 e. The number of hydrogen-bond acceptors (Lipinski definition) is 4. The van der Waals surface area contributed by atoms with Gasteiger partial charge < -0.3 is 10.5 Å². The first-order valence-electron chi connectivity index (χ1n) is 5.09. The van der Waals surface area contributed by atoms with E-state index in [0.717, 1.165) is 36.9 Å². The third-order valence-corrected chi connectivity index (χ3v) is 2.73. The van der Waals surface area contributed by atoms with Crippen LogP contribution in [0.2, 0.25) is 0 Å². The average molecular weight is 206 g/mol. The Morgan fingerprint density at radius 1 is 1.47 bits per heavy atom. The summed E-state index contributed by atoms with van der Waals surface area (Å²) in [6, 6.07) is 1.61. The number of rotatable bonds is 1. The van der Waals surface area contributed by atoms with Gasteiger partial charge in [-0.1, -0.05) is 0 Å². The van der Waals surface area contributed by atoms with Crippen molar-refractivity contribution in [1.82, 2.24) is 4.98 Å². The summed E-state index contributed by atoms with van der Waals surface area (Å²) >= 11 is 0. The Kier molecular flexibility index (Phi) is 2.58. The molecule has 0 atom stereocenters. The number of carbonyl (C=O) groups is 1. The predicted octanol–water partition coefficient (Wildman–Crippen LogP) is 1.33. The quantitative estimate of drug-likeness (QED) is 0.704. The minimum absolute atomic E-state index is 0.317. The van der Waals surface area contributed by atoms with Crippen molar-refractivity contribution in [2.45, 2.75) is 25.7 Å². The topological polar surface area (TPSA) is 65.2 Å². The molecule has 0 unspecified atom stereocenters. The van der Waals surface area contributed by atoms with Crippen molar-refractivity contribution in [1.29, 1.82) is 0 Å². The monoisotopic (exact) mass is 206 g/mol. The molecule has 1 heterocycles. The van der Waals surface area contributed by atoms with Gasteiger partial charge in [-0.25, -0.2) is 9.78 Å². The number of nitrogens with zero attached hydrogens (tertiary/aromatic N) is 1. The van der Waals surface area contributed by atoms with Crippen LogP contribution in [0.25, 0.3) is 0 Å². The summed E-state index contributed by atoms with van der Waals surface area (Å²) in [5.74, 6) is 0.0818. The first kappa shape index (κ1) is 9.96. The fourth-order valence-corrected chi connectivity index (χ4v) is 2.02. The van der Waals surface area contributed by atoms with Gasteiger partial charge in [0, 0.05) is 5.69 Å². The minimum Gasteiger partial charge on any atom is -0.465 e. The zero-order valence-electron chi connectivity index (χ0n) is 8.75. The van der Waals surface area contributed by atoms with Crippen molar-refractivity contribution in [2.75, 3.05) is 12.8 Å². The maximum atomic E-state index is 11.5. The Morgan fingerprint density at radius 2 is 2.20 bits per heavy atom. The van der Waals surface area contributed by atoms with Gasteiger partial charge in [0.15, 0.2) is 0 Å². The lowest BCUT2D eigenvalue weighted by Gasteiger charge is -2.17. The van der Waals surface area contributed by atoms with Crippen molar-refractivity contribution in [3.05, 3.63) is 22.9 Å². The largest absolute Gasteiger partial charge is 0.465 e. The van der Waals surface area contributed by atoms with Crippen LogP contribution in [0, 0.1) is 0 Å². The Bertz CT molecular complexity index is 402. The lowest BCUT2D eigenvalue weighted by Crippen LogP contribution is -2.14. The fourth-order valence-electron chi connectivity index (χ4n) is 2.02. The number of aryl methyl sites for hydroxylation is 1. The molecule has 0 aliphatic heterocycles. The van der Waals surface area contributed by atoms with E-state index in [4.69, 9.17) is 10.5 Å². The highest BCUT2D eigenvalue weighted by atomic mass is 16.5. The van der Waals surface area contributed by atoms with Gasteiger partial charge in [0.05, 0.1) is 12.7 Å². The molecule has 2 N–H and O–H groups in total. The van der Waals surface area contributed by atoms with Crippen molar-refractivity contribution in [3.63, 3.8) is 0 Å². The number of methoxy groups -OCH3 is 1. The average Bonchev–Trinajstić information content (AvgIpc) is 2.26. The molecule has 4 nitrogen and oxygen atoms in total. The van der Waals surface area contributed by atoms with Crippen LogP contribution in [-0.2, 0) is 17.6 Å². The molecule has 0 amide bonds. The Labute approximate surface area is 88.4 Å². The maximum absolute atomic E-state index is 11.5. The van der Waals surface area contributed by atoms with E-state index in [-0.39, 0.29) is 5.97 Å².